The van der Waals surface area contributed by atoms with Crippen LogP contribution in [0.15, 0.2) is 53.1 Å². The molecule has 0 radical (unpaired) electrons. The molecule has 1 aliphatic heterocycles. The van der Waals surface area contributed by atoms with E-state index in [2.05, 4.69) is 20.4 Å². The number of likely N-dealkylation sites (tertiary alicyclic amines) is 1. The van der Waals surface area contributed by atoms with Crippen molar-refractivity contribution in [3.8, 4) is 17.1 Å². The Balaban J connectivity index is 1.28. The van der Waals surface area contributed by atoms with Crippen LogP contribution in [0.25, 0.3) is 11.4 Å². The average molecular weight is 455 g/mol. The molecule has 7 nitrogen and oxygen atoms in total. The Hall–Kier alpha value is -2.90. The number of piperidine rings is 1. The Labute approximate surface area is 192 Å². The van der Waals surface area contributed by atoms with Crippen LogP contribution in [0, 0.1) is 5.92 Å². The maximum absolute atomic E-state index is 12.7. The first-order chi connectivity index (χ1) is 15.5. The second-order valence-corrected chi connectivity index (χ2v) is 8.69. The number of carbonyl (C=O) groups excluding carboxylic acids is 1. The summed E-state index contributed by atoms with van der Waals surface area (Å²) in [4.78, 5) is 19.4. The van der Waals surface area contributed by atoms with Crippen molar-refractivity contribution >= 4 is 23.2 Å². The second kappa shape index (κ2) is 10.1. The summed E-state index contributed by atoms with van der Waals surface area (Å²) in [6, 6.07) is 14.9. The van der Waals surface area contributed by atoms with Crippen LogP contribution >= 0.6 is 11.6 Å². The molecule has 4 rings (SSSR count). The predicted molar refractivity (Wildman–Crippen MR) is 124 cm³/mol. The van der Waals surface area contributed by atoms with E-state index in [-0.39, 0.29) is 17.9 Å². The maximum atomic E-state index is 12.7. The zero-order valence-electron chi connectivity index (χ0n) is 18.3. The minimum Gasteiger partial charge on any atom is -0.491 e. The zero-order chi connectivity index (χ0) is 22.5. The van der Waals surface area contributed by atoms with Gasteiger partial charge in [-0.15, -0.1) is 0 Å². The highest BCUT2D eigenvalue weighted by Gasteiger charge is 2.26. The van der Waals surface area contributed by atoms with E-state index in [4.69, 9.17) is 20.9 Å². The molecule has 168 valence electrons. The number of aromatic nitrogens is 2. The molecule has 2 aromatic carbocycles. The van der Waals surface area contributed by atoms with E-state index in [1.165, 1.54) is 0 Å². The molecule has 1 fully saturated rings. The summed E-state index contributed by atoms with van der Waals surface area (Å²) in [6.45, 7) is 6.11. The van der Waals surface area contributed by atoms with Crippen molar-refractivity contribution in [2.75, 3.05) is 18.4 Å². The van der Waals surface area contributed by atoms with Crippen LogP contribution in [0.5, 0.6) is 5.75 Å². The molecule has 0 aliphatic carbocycles. The topological polar surface area (TPSA) is 80.5 Å². The Morgan fingerprint density at radius 2 is 2.00 bits per heavy atom. The number of hydrogen-bond acceptors (Lipinski definition) is 6. The molecule has 0 spiro atoms. The van der Waals surface area contributed by atoms with Gasteiger partial charge in [0.25, 0.3) is 0 Å². The van der Waals surface area contributed by atoms with E-state index in [1.807, 2.05) is 62.4 Å². The van der Waals surface area contributed by atoms with Crippen molar-refractivity contribution in [3.63, 3.8) is 0 Å². The first kappa shape index (κ1) is 22.3. The van der Waals surface area contributed by atoms with Crippen LogP contribution < -0.4 is 10.1 Å². The molecule has 1 amide bonds. The van der Waals surface area contributed by atoms with Gasteiger partial charge in [-0.25, -0.2) is 0 Å². The van der Waals surface area contributed by atoms with Crippen molar-refractivity contribution < 1.29 is 14.1 Å². The van der Waals surface area contributed by atoms with E-state index >= 15 is 0 Å². The van der Waals surface area contributed by atoms with Crippen LogP contribution in [0.2, 0.25) is 5.02 Å². The lowest BCUT2D eigenvalue weighted by atomic mass is 9.96. The molecule has 32 heavy (non-hydrogen) atoms. The fourth-order valence-electron chi connectivity index (χ4n) is 3.77. The third-order valence-electron chi connectivity index (χ3n) is 5.34. The van der Waals surface area contributed by atoms with Crippen LogP contribution in [0.4, 0.5) is 5.69 Å². The molecule has 8 heteroatoms. The normalized spacial score (nSPS) is 15.1. The van der Waals surface area contributed by atoms with Crippen molar-refractivity contribution in [2.45, 2.75) is 39.3 Å². The highest BCUT2D eigenvalue weighted by molar-refractivity contribution is 6.30. The molecule has 1 N–H and O–H groups in total. The van der Waals surface area contributed by atoms with Crippen LogP contribution in [-0.4, -0.2) is 40.1 Å². The molecule has 0 atom stereocenters. The molecule has 2 heterocycles. The number of hydrogen-bond donors (Lipinski definition) is 1. The predicted octanol–water partition coefficient (Wildman–Crippen LogP) is 5.03. The van der Waals surface area contributed by atoms with E-state index in [0.29, 0.717) is 23.3 Å². The van der Waals surface area contributed by atoms with E-state index in [0.717, 1.165) is 42.9 Å². The highest BCUT2D eigenvalue weighted by Crippen LogP contribution is 2.24. The van der Waals surface area contributed by atoms with Crippen molar-refractivity contribution in [2.24, 2.45) is 5.92 Å². The monoisotopic (exact) mass is 454 g/mol. The van der Waals surface area contributed by atoms with Crippen molar-refractivity contribution in [3.05, 3.63) is 59.4 Å². The standard InChI is InChI=1S/C24H27ClN4O3/c1-16(2)31-21-8-4-7-20(14-21)26-24(30)17-9-11-29(12-10-17)15-22-27-23(28-32-22)18-5-3-6-19(25)13-18/h3-8,13-14,16-17H,9-12,15H2,1-2H3,(H,26,30). The van der Waals surface area contributed by atoms with E-state index < -0.39 is 0 Å². The number of nitrogens with zero attached hydrogens (tertiary/aromatic N) is 3. The molecule has 1 aliphatic rings. The van der Waals surface area contributed by atoms with Gasteiger partial charge in [-0.3, -0.25) is 9.69 Å². The van der Waals surface area contributed by atoms with Gasteiger partial charge in [0.15, 0.2) is 0 Å². The van der Waals surface area contributed by atoms with Gasteiger partial charge >= 0.3 is 0 Å². The average Bonchev–Trinajstić information content (AvgIpc) is 3.22. The molecule has 0 bridgehead atoms. The van der Waals surface area contributed by atoms with Gasteiger partial charge in [0.05, 0.1) is 12.6 Å². The largest absolute Gasteiger partial charge is 0.491 e. The number of rotatable bonds is 7. The molecule has 0 saturated carbocycles. The number of ether oxygens (including phenoxy) is 1. The second-order valence-electron chi connectivity index (χ2n) is 8.26. The van der Waals surface area contributed by atoms with Gasteiger partial charge in [0.1, 0.15) is 5.75 Å². The van der Waals surface area contributed by atoms with Gasteiger partial charge in [0.2, 0.25) is 17.6 Å². The third kappa shape index (κ3) is 5.87. The van der Waals surface area contributed by atoms with E-state index in [1.54, 1.807) is 0 Å². The molecule has 1 saturated heterocycles. The molecular weight excluding hydrogens is 428 g/mol. The van der Waals surface area contributed by atoms with Gasteiger partial charge < -0.3 is 14.6 Å². The van der Waals surface area contributed by atoms with Gasteiger partial charge in [-0.05, 0) is 64.0 Å². The number of anilines is 1. The minimum absolute atomic E-state index is 0.0226. The summed E-state index contributed by atoms with van der Waals surface area (Å²) in [5.74, 6) is 1.87. The Morgan fingerprint density at radius 1 is 1.22 bits per heavy atom. The number of amides is 1. The summed E-state index contributed by atoms with van der Waals surface area (Å²) in [6.07, 6.45) is 1.65. The number of halogens is 1. The molecule has 3 aromatic rings. The van der Waals surface area contributed by atoms with Crippen molar-refractivity contribution in [1.82, 2.24) is 15.0 Å². The fraction of sp³-hybridized carbons (Fsp3) is 0.375. The van der Waals surface area contributed by atoms with E-state index in [9.17, 15) is 4.79 Å². The maximum Gasteiger partial charge on any atom is 0.241 e. The highest BCUT2D eigenvalue weighted by atomic mass is 35.5. The minimum atomic E-state index is -0.0226. The summed E-state index contributed by atoms with van der Waals surface area (Å²) in [5.41, 5.74) is 1.58. The van der Waals surface area contributed by atoms with Crippen LogP contribution in [-0.2, 0) is 11.3 Å². The number of nitrogens with one attached hydrogen (secondary N) is 1. The third-order valence-corrected chi connectivity index (χ3v) is 5.58. The molecule has 0 unspecified atom stereocenters. The number of carbonyl (C=O) groups is 1. The quantitative estimate of drug-likeness (QED) is 0.539. The Morgan fingerprint density at radius 3 is 2.75 bits per heavy atom. The van der Waals surface area contributed by atoms with Crippen LogP contribution in [0.3, 0.4) is 0 Å². The van der Waals surface area contributed by atoms with Gasteiger partial charge in [0, 0.05) is 28.3 Å². The fourth-order valence-corrected chi connectivity index (χ4v) is 3.96. The summed E-state index contributed by atoms with van der Waals surface area (Å²) in [7, 11) is 0. The first-order valence-electron chi connectivity index (χ1n) is 10.8. The van der Waals surface area contributed by atoms with Crippen molar-refractivity contribution in [1.29, 1.82) is 0 Å². The zero-order valence-corrected chi connectivity index (χ0v) is 19.0. The Kier molecular flexibility index (Phi) is 7.07. The first-order valence-corrected chi connectivity index (χ1v) is 11.2. The smallest absolute Gasteiger partial charge is 0.241 e. The summed E-state index contributed by atoms with van der Waals surface area (Å²) < 4.78 is 11.1. The Bertz CT molecular complexity index is 1060. The SMILES string of the molecule is CC(C)Oc1cccc(NC(=O)C2CCN(Cc3nc(-c4cccc(Cl)c4)no3)CC2)c1. The lowest BCUT2D eigenvalue weighted by Crippen LogP contribution is -2.37. The molecular formula is C24H27ClN4O3. The van der Waals surface area contributed by atoms with Gasteiger partial charge in [-0.2, -0.15) is 4.98 Å². The van der Waals surface area contributed by atoms with Gasteiger partial charge in [-0.1, -0.05) is 35.0 Å². The summed E-state index contributed by atoms with van der Waals surface area (Å²) in [5, 5.41) is 7.72. The lowest BCUT2D eigenvalue weighted by Gasteiger charge is -2.30. The lowest BCUT2D eigenvalue weighted by molar-refractivity contribution is -0.121. The summed E-state index contributed by atoms with van der Waals surface area (Å²) >= 11 is 6.04. The number of benzene rings is 2. The molecule has 1 aromatic heterocycles. The van der Waals surface area contributed by atoms with Crippen LogP contribution in [0.1, 0.15) is 32.6 Å².